The van der Waals surface area contributed by atoms with Crippen molar-refractivity contribution in [2.45, 2.75) is 39.7 Å². The van der Waals surface area contributed by atoms with E-state index in [4.69, 9.17) is 0 Å². The van der Waals surface area contributed by atoms with Crippen LogP contribution in [0.2, 0.25) is 0 Å². The molecule has 1 unspecified atom stereocenters. The van der Waals surface area contributed by atoms with Crippen molar-refractivity contribution in [1.82, 2.24) is 4.90 Å². The first-order valence-corrected chi connectivity index (χ1v) is 7.05. The van der Waals surface area contributed by atoms with Gasteiger partial charge in [0.05, 0.1) is 0 Å². The Balaban J connectivity index is 2.83. The molecule has 0 radical (unpaired) electrons. The molecule has 0 heterocycles. The number of halogens is 1. The first-order chi connectivity index (χ1) is 8.99. The zero-order valence-electron chi connectivity index (χ0n) is 12.5. The molecule has 1 atom stereocenters. The second-order valence-corrected chi connectivity index (χ2v) is 5.48. The lowest BCUT2D eigenvalue weighted by atomic mass is 9.82. The van der Waals surface area contributed by atoms with Crippen LogP contribution in [-0.2, 0) is 0 Å². The van der Waals surface area contributed by atoms with Crippen LogP contribution in [0.1, 0.15) is 45.2 Å². The van der Waals surface area contributed by atoms with Crippen molar-refractivity contribution >= 4 is 0 Å². The fraction of sp³-hybridized carbons (Fsp3) is 0.625. The standard InChI is InChI=1S/C16H26FNO/c1-5-16(6-2,12-19)11-18(4)13(3)14-9-7-8-10-15(14)17/h7-10,13,19H,5-6,11-12H2,1-4H3. The van der Waals surface area contributed by atoms with Crippen molar-refractivity contribution in [1.29, 1.82) is 0 Å². The van der Waals surface area contributed by atoms with Crippen molar-refractivity contribution in [3.8, 4) is 0 Å². The summed E-state index contributed by atoms with van der Waals surface area (Å²) in [6, 6.07) is 6.90. The van der Waals surface area contributed by atoms with Gasteiger partial charge in [0.25, 0.3) is 0 Å². The van der Waals surface area contributed by atoms with Gasteiger partial charge in [0.2, 0.25) is 0 Å². The molecule has 0 aromatic heterocycles. The van der Waals surface area contributed by atoms with E-state index in [0.717, 1.165) is 19.4 Å². The first kappa shape index (κ1) is 16.1. The molecule has 0 amide bonds. The van der Waals surface area contributed by atoms with Crippen LogP contribution >= 0.6 is 0 Å². The number of rotatable bonds is 7. The normalized spacial score (nSPS) is 13.8. The number of nitrogens with zero attached hydrogens (tertiary/aromatic N) is 1. The van der Waals surface area contributed by atoms with Crippen LogP contribution in [-0.4, -0.2) is 30.2 Å². The molecule has 0 saturated carbocycles. The minimum Gasteiger partial charge on any atom is -0.396 e. The Labute approximate surface area is 116 Å². The van der Waals surface area contributed by atoms with Crippen LogP contribution in [0.15, 0.2) is 24.3 Å². The monoisotopic (exact) mass is 267 g/mol. The minimum absolute atomic E-state index is 0.00484. The van der Waals surface area contributed by atoms with Crippen LogP contribution in [0.25, 0.3) is 0 Å². The third kappa shape index (κ3) is 3.77. The fourth-order valence-corrected chi connectivity index (χ4v) is 2.46. The highest BCUT2D eigenvalue weighted by Crippen LogP contribution is 2.30. The van der Waals surface area contributed by atoms with E-state index in [1.807, 2.05) is 26.1 Å². The Morgan fingerprint density at radius 1 is 1.26 bits per heavy atom. The smallest absolute Gasteiger partial charge is 0.127 e. The van der Waals surface area contributed by atoms with Gasteiger partial charge in [0, 0.05) is 30.2 Å². The highest BCUT2D eigenvalue weighted by molar-refractivity contribution is 5.20. The summed E-state index contributed by atoms with van der Waals surface area (Å²) in [5, 5.41) is 9.63. The third-order valence-corrected chi connectivity index (χ3v) is 4.44. The Bertz CT molecular complexity index is 382. The summed E-state index contributed by atoms with van der Waals surface area (Å²) in [5.74, 6) is -0.163. The van der Waals surface area contributed by atoms with Gasteiger partial charge in [-0.2, -0.15) is 0 Å². The molecule has 1 rings (SSSR count). The van der Waals surface area contributed by atoms with E-state index < -0.39 is 0 Å². The maximum Gasteiger partial charge on any atom is 0.127 e. The molecule has 0 bridgehead atoms. The highest BCUT2D eigenvalue weighted by Gasteiger charge is 2.29. The molecule has 108 valence electrons. The Hall–Kier alpha value is -0.930. The summed E-state index contributed by atoms with van der Waals surface area (Å²) in [4.78, 5) is 2.13. The minimum atomic E-state index is -0.163. The number of hydrogen-bond acceptors (Lipinski definition) is 2. The van der Waals surface area contributed by atoms with E-state index in [0.29, 0.717) is 5.56 Å². The highest BCUT2D eigenvalue weighted by atomic mass is 19.1. The average Bonchev–Trinajstić information content (AvgIpc) is 2.44. The summed E-state index contributed by atoms with van der Waals surface area (Å²) in [6.07, 6.45) is 1.85. The molecule has 0 aliphatic rings. The molecule has 0 aliphatic carbocycles. The zero-order chi connectivity index (χ0) is 14.5. The lowest BCUT2D eigenvalue weighted by Gasteiger charge is -2.37. The summed E-state index contributed by atoms with van der Waals surface area (Å²) >= 11 is 0. The topological polar surface area (TPSA) is 23.5 Å². The summed E-state index contributed by atoms with van der Waals surface area (Å²) in [5.41, 5.74) is 0.623. The number of benzene rings is 1. The maximum atomic E-state index is 13.8. The van der Waals surface area contributed by atoms with E-state index in [2.05, 4.69) is 18.7 Å². The molecule has 1 aromatic carbocycles. The second kappa shape index (κ2) is 7.01. The lowest BCUT2D eigenvalue weighted by Crippen LogP contribution is -2.39. The Morgan fingerprint density at radius 3 is 2.32 bits per heavy atom. The Morgan fingerprint density at radius 2 is 1.84 bits per heavy atom. The van der Waals surface area contributed by atoms with Crippen LogP contribution < -0.4 is 0 Å². The lowest BCUT2D eigenvalue weighted by molar-refractivity contribution is 0.0617. The van der Waals surface area contributed by atoms with Crippen molar-refractivity contribution in [3.63, 3.8) is 0 Å². The Kier molecular flexibility index (Phi) is 5.95. The first-order valence-electron chi connectivity index (χ1n) is 7.05. The van der Waals surface area contributed by atoms with Crippen molar-refractivity contribution in [2.24, 2.45) is 5.41 Å². The average molecular weight is 267 g/mol. The van der Waals surface area contributed by atoms with Gasteiger partial charge >= 0.3 is 0 Å². The van der Waals surface area contributed by atoms with Crippen LogP contribution in [0, 0.1) is 11.2 Å². The molecule has 1 aromatic rings. The molecule has 2 nitrogen and oxygen atoms in total. The van der Waals surface area contributed by atoms with E-state index in [-0.39, 0.29) is 23.9 Å². The number of hydrogen-bond donors (Lipinski definition) is 1. The predicted octanol–water partition coefficient (Wildman–Crippen LogP) is 3.62. The number of aliphatic hydroxyl groups is 1. The van der Waals surface area contributed by atoms with Crippen LogP contribution in [0.3, 0.4) is 0 Å². The quantitative estimate of drug-likeness (QED) is 0.815. The molecule has 3 heteroatoms. The van der Waals surface area contributed by atoms with Crippen molar-refractivity contribution < 1.29 is 9.50 Å². The zero-order valence-corrected chi connectivity index (χ0v) is 12.5. The maximum absolute atomic E-state index is 13.8. The molecule has 0 saturated heterocycles. The summed E-state index contributed by atoms with van der Waals surface area (Å²) in [7, 11) is 1.99. The van der Waals surface area contributed by atoms with Gasteiger partial charge in [-0.3, -0.25) is 4.90 Å². The summed E-state index contributed by atoms with van der Waals surface area (Å²) < 4.78 is 13.8. The van der Waals surface area contributed by atoms with Gasteiger partial charge in [-0.15, -0.1) is 0 Å². The predicted molar refractivity (Wildman–Crippen MR) is 77.5 cm³/mol. The molecular weight excluding hydrogens is 241 g/mol. The molecule has 1 N–H and O–H groups in total. The van der Waals surface area contributed by atoms with Crippen LogP contribution in [0.4, 0.5) is 4.39 Å². The third-order valence-electron chi connectivity index (χ3n) is 4.44. The largest absolute Gasteiger partial charge is 0.396 e. The second-order valence-electron chi connectivity index (χ2n) is 5.48. The van der Waals surface area contributed by atoms with Gasteiger partial charge in [0.1, 0.15) is 5.82 Å². The fourth-order valence-electron chi connectivity index (χ4n) is 2.46. The molecular formula is C16H26FNO. The number of aliphatic hydroxyl groups excluding tert-OH is 1. The SMILES string of the molecule is CCC(CC)(CO)CN(C)C(C)c1ccccc1F. The van der Waals surface area contributed by atoms with E-state index in [1.54, 1.807) is 6.07 Å². The van der Waals surface area contributed by atoms with Gasteiger partial charge in [0.15, 0.2) is 0 Å². The van der Waals surface area contributed by atoms with Gasteiger partial charge in [-0.05, 0) is 32.9 Å². The summed E-state index contributed by atoms with van der Waals surface area (Å²) in [6.45, 7) is 7.15. The van der Waals surface area contributed by atoms with Crippen molar-refractivity contribution in [2.75, 3.05) is 20.2 Å². The molecule has 0 aliphatic heterocycles. The van der Waals surface area contributed by atoms with E-state index in [1.165, 1.54) is 6.07 Å². The van der Waals surface area contributed by atoms with Gasteiger partial charge in [-0.25, -0.2) is 4.39 Å². The van der Waals surface area contributed by atoms with E-state index in [9.17, 15) is 9.50 Å². The van der Waals surface area contributed by atoms with Gasteiger partial charge in [-0.1, -0.05) is 32.0 Å². The van der Waals surface area contributed by atoms with Crippen LogP contribution in [0.5, 0.6) is 0 Å². The molecule has 19 heavy (non-hydrogen) atoms. The molecule has 0 spiro atoms. The van der Waals surface area contributed by atoms with Crippen molar-refractivity contribution in [3.05, 3.63) is 35.6 Å². The van der Waals surface area contributed by atoms with E-state index >= 15 is 0 Å². The van der Waals surface area contributed by atoms with Gasteiger partial charge < -0.3 is 5.11 Å². The molecule has 0 fully saturated rings.